The summed E-state index contributed by atoms with van der Waals surface area (Å²) in [5, 5.41) is 7.09. The van der Waals surface area contributed by atoms with Crippen LogP contribution in [-0.2, 0) is 0 Å². The predicted octanol–water partition coefficient (Wildman–Crippen LogP) is 4.59. The van der Waals surface area contributed by atoms with E-state index in [-0.39, 0.29) is 0 Å². The molecule has 1 aromatic carbocycles. The van der Waals surface area contributed by atoms with Gasteiger partial charge in [0.05, 0.1) is 5.69 Å². The molecule has 2 heterocycles. The van der Waals surface area contributed by atoms with Gasteiger partial charge in [0.25, 0.3) is 0 Å². The summed E-state index contributed by atoms with van der Waals surface area (Å²) >= 11 is 6.24. The molecule has 0 aliphatic rings. The van der Waals surface area contributed by atoms with Crippen molar-refractivity contribution in [1.29, 1.82) is 0 Å². The lowest BCUT2D eigenvalue weighted by Gasteiger charge is -2.15. The first-order chi connectivity index (χ1) is 11.6. The number of halogens is 1. The smallest absolute Gasteiger partial charge is 0.224 e. The summed E-state index contributed by atoms with van der Waals surface area (Å²) in [6, 6.07) is 9.64. The molecule has 0 amide bonds. The lowest BCUT2D eigenvalue weighted by Crippen LogP contribution is -2.04. The number of aromatic nitrogens is 3. The van der Waals surface area contributed by atoms with Crippen molar-refractivity contribution in [2.24, 2.45) is 0 Å². The van der Waals surface area contributed by atoms with E-state index in [1.165, 1.54) is 0 Å². The molecule has 24 heavy (non-hydrogen) atoms. The van der Waals surface area contributed by atoms with E-state index < -0.39 is 0 Å². The highest BCUT2D eigenvalue weighted by Crippen LogP contribution is 2.30. The number of rotatable bonds is 4. The minimum Gasteiger partial charge on any atom is -0.357 e. The van der Waals surface area contributed by atoms with Gasteiger partial charge in [-0.15, -0.1) is 0 Å². The van der Waals surface area contributed by atoms with E-state index >= 15 is 0 Å². The number of aryl methyl sites for hydroxylation is 1. The monoisotopic (exact) mass is 339 g/mol. The van der Waals surface area contributed by atoms with E-state index in [1.54, 1.807) is 19.4 Å². The second-order valence-corrected chi connectivity index (χ2v) is 5.85. The summed E-state index contributed by atoms with van der Waals surface area (Å²) in [7, 11) is 1.79. The Morgan fingerprint density at radius 2 is 1.92 bits per heavy atom. The van der Waals surface area contributed by atoms with Gasteiger partial charge < -0.3 is 10.6 Å². The van der Waals surface area contributed by atoms with Crippen LogP contribution in [0.2, 0.25) is 5.02 Å². The summed E-state index contributed by atoms with van der Waals surface area (Å²) in [6.45, 7) is 4.02. The van der Waals surface area contributed by atoms with Crippen molar-refractivity contribution in [3.05, 3.63) is 58.9 Å². The molecule has 5 nitrogen and oxygen atoms in total. The second kappa shape index (κ2) is 6.84. The third-order valence-corrected chi connectivity index (χ3v) is 4.18. The number of hydrogen-bond acceptors (Lipinski definition) is 5. The van der Waals surface area contributed by atoms with E-state index in [9.17, 15) is 0 Å². The number of nitrogens with zero attached hydrogens (tertiary/aromatic N) is 3. The molecule has 122 valence electrons. The summed E-state index contributed by atoms with van der Waals surface area (Å²) in [4.78, 5) is 13.1. The highest BCUT2D eigenvalue weighted by atomic mass is 35.5. The molecule has 2 aromatic heterocycles. The average Bonchev–Trinajstić information content (AvgIpc) is 2.62. The first-order valence-electron chi connectivity index (χ1n) is 7.58. The van der Waals surface area contributed by atoms with Crippen LogP contribution in [0.3, 0.4) is 0 Å². The van der Waals surface area contributed by atoms with E-state index in [0.29, 0.717) is 11.8 Å². The van der Waals surface area contributed by atoms with Crippen LogP contribution in [0.4, 0.5) is 17.5 Å². The molecule has 0 aliphatic heterocycles. The summed E-state index contributed by atoms with van der Waals surface area (Å²) in [6.07, 6.45) is 3.52. The molecule has 0 aliphatic carbocycles. The molecule has 0 unspecified atom stereocenters. The zero-order chi connectivity index (χ0) is 17.1. The average molecular weight is 340 g/mol. The van der Waals surface area contributed by atoms with Gasteiger partial charge in [0.2, 0.25) is 5.95 Å². The predicted molar refractivity (Wildman–Crippen MR) is 99.0 cm³/mol. The fourth-order valence-corrected chi connectivity index (χ4v) is 2.58. The second-order valence-electron chi connectivity index (χ2n) is 5.44. The molecule has 0 radical (unpaired) electrons. The third kappa shape index (κ3) is 3.31. The van der Waals surface area contributed by atoms with E-state index in [4.69, 9.17) is 11.6 Å². The SMILES string of the molecule is CNc1nc(Nc2c(C)ccc(Cl)c2C)cc(-c2cccnc2)n1. The van der Waals surface area contributed by atoms with Crippen LogP contribution in [0.15, 0.2) is 42.7 Å². The van der Waals surface area contributed by atoms with Crippen molar-refractivity contribution in [2.45, 2.75) is 13.8 Å². The zero-order valence-corrected chi connectivity index (χ0v) is 14.5. The maximum atomic E-state index is 6.24. The third-order valence-electron chi connectivity index (χ3n) is 3.77. The number of anilines is 3. The van der Waals surface area contributed by atoms with Crippen molar-refractivity contribution in [2.75, 3.05) is 17.7 Å². The number of pyridine rings is 1. The van der Waals surface area contributed by atoms with Crippen LogP contribution in [0.5, 0.6) is 0 Å². The Bertz CT molecular complexity index is 865. The standard InChI is InChI=1S/C18H18ClN5/c1-11-6-7-14(19)12(2)17(11)23-16-9-15(22-18(20-3)24-16)13-5-4-8-21-10-13/h4-10H,1-3H3,(H2,20,22,23,24). The van der Waals surface area contributed by atoms with Crippen LogP contribution in [-0.4, -0.2) is 22.0 Å². The van der Waals surface area contributed by atoms with Crippen LogP contribution < -0.4 is 10.6 Å². The first-order valence-corrected chi connectivity index (χ1v) is 7.96. The molecule has 0 atom stereocenters. The van der Waals surface area contributed by atoms with Gasteiger partial charge in [-0.3, -0.25) is 4.98 Å². The van der Waals surface area contributed by atoms with Crippen molar-refractivity contribution < 1.29 is 0 Å². The van der Waals surface area contributed by atoms with Crippen molar-refractivity contribution >= 4 is 29.1 Å². The van der Waals surface area contributed by atoms with Crippen LogP contribution >= 0.6 is 11.6 Å². The van der Waals surface area contributed by atoms with Gasteiger partial charge in [0, 0.05) is 41.8 Å². The Morgan fingerprint density at radius 1 is 1.08 bits per heavy atom. The zero-order valence-electron chi connectivity index (χ0n) is 13.8. The van der Waals surface area contributed by atoms with Gasteiger partial charge in [-0.05, 0) is 43.2 Å². The Morgan fingerprint density at radius 3 is 2.62 bits per heavy atom. The van der Waals surface area contributed by atoms with Crippen LogP contribution in [0.25, 0.3) is 11.3 Å². The fraction of sp³-hybridized carbons (Fsp3) is 0.167. The molecule has 2 N–H and O–H groups in total. The van der Waals surface area contributed by atoms with Gasteiger partial charge in [-0.1, -0.05) is 17.7 Å². The Kier molecular flexibility index (Phi) is 4.62. The molecule has 0 bridgehead atoms. The molecule has 0 fully saturated rings. The van der Waals surface area contributed by atoms with Crippen LogP contribution in [0.1, 0.15) is 11.1 Å². The van der Waals surface area contributed by atoms with Crippen LogP contribution in [0, 0.1) is 13.8 Å². The topological polar surface area (TPSA) is 62.7 Å². The Labute approximate surface area is 146 Å². The molecule has 0 spiro atoms. The Hall–Kier alpha value is -2.66. The highest BCUT2D eigenvalue weighted by Gasteiger charge is 2.10. The minimum atomic E-state index is 0.538. The number of benzene rings is 1. The molecule has 6 heteroatoms. The fourth-order valence-electron chi connectivity index (χ4n) is 2.43. The summed E-state index contributed by atoms with van der Waals surface area (Å²) in [5.74, 6) is 1.23. The maximum absolute atomic E-state index is 6.24. The molecule has 0 saturated heterocycles. The molecular weight excluding hydrogens is 322 g/mol. The van der Waals surface area contributed by atoms with Crippen molar-refractivity contribution in [3.8, 4) is 11.3 Å². The van der Waals surface area contributed by atoms with Gasteiger partial charge >= 0.3 is 0 Å². The van der Waals surface area contributed by atoms with E-state index in [1.807, 2.05) is 44.2 Å². The summed E-state index contributed by atoms with van der Waals surface area (Å²) in [5.41, 5.74) is 4.77. The maximum Gasteiger partial charge on any atom is 0.224 e. The largest absolute Gasteiger partial charge is 0.357 e. The van der Waals surface area contributed by atoms with Crippen molar-refractivity contribution in [3.63, 3.8) is 0 Å². The lowest BCUT2D eigenvalue weighted by molar-refractivity contribution is 1.15. The van der Waals surface area contributed by atoms with E-state index in [2.05, 4.69) is 25.6 Å². The quantitative estimate of drug-likeness (QED) is 0.727. The van der Waals surface area contributed by atoms with Gasteiger partial charge in [-0.25, -0.2) is 4.98 Å². The normalized spacial score (nSPS) is 10.5. The van der Waals surface area contributed by atoms with Crippen molar-refractivity contribution in [1.82, 2.24) is 15.0 Å². The minimum absolute atomic E-state index is 0.538. The molecule has 3 rings (SSSR count). The van der Waals surface area contributed by atoms with Gasteiger partial charge in [-0.2, -0.15) is 4.98 Å². The molecule has 3 aromatic rings. The first kappa shape index (κ1) is 16.2. The summed E-state index contributed by atoms with van der Waals surface area (Å²) < 4.78 is 0. The van der Waals surface area contributed by atoms with Gasteiger partial charge in [0.1, 0.15) is 5.82 Å². The highest BCUT2D eigenvalue weighted by molar-refractivity contribution is 6.31. The Balaban J connectivity index is 2.04. The molecule has 0 saturated carbocycles. The van der Waals surface area contributed by atoms with E-state index in [0.717, 1.165) is 33.1 Å². The number of hydrogen-bond donors (Lipinski definition) is 2. The number of nitrogens with one attached hydrogen (secondary N) is 2. The van der Waals surface area contributed by atoms with Gasteiger partial charge in [0.15, 0.2) is 0 Å². The lowest BCUT2D eigenvalue weighted by atomic mass is 10.1. The molecular formula is C18H18ClN5.